The molecule has 0 radical (unpaired) electrons. The van der Waals surface area contributed by atoms with E-state index < -0.39 is 10.0 Å². The van der Waals surface area contributed by atoms with Gasteiger partial charge in [-0.05, 0) is 55.0 Å². The molecule has 1 amide bonds. The van der Waals surface area contributed by atoms with Crippen molar-refractivity contribution >= 4 is 38.8 Å². The Hall–Kier alpha value is -3.39. The number of carbonyl (C=O) groups is 1. The molecule has 1 heterocycles. The van der Waals surface area contributed by atoms with Crippen molar-refractivity contribution in [3.8, 4) is 0 Å². The Morgan fingerprint density at radius 1 is 0.929 bits per heavy atom. The molecule has 28 heavy (non-hydrogen) atoms. The number of rotatable bonds is 6. The highest BCUT2D eigenvalue weighted by molar-refractivity contribution is 7.92. The summed E-state index contributed by atoms with van der Waals surface area (Å²) < 4.78 is 27.4. The first-order valence-corrected chi connectivity index (χ1v) is 10.0. The van der Waals surface area contributed by atoms with Gasteiger partial charge in [0.25, 0.3) is 10.0 Å². The molecular formula is C20H20N4O3S. The predicted molar refractivity (Wildman–Crippen MR) is 110 cm³/mol. The van der Waals surface area contributed by atoms with Gasteiger partial charge in [-0.2, -0.15) is 0 Å². The van der Waals surface area contributed by atoms with Crippen molar-refractivity contribution in [3.05, 3.63) is 72.4 Å². The number of sulfonamides is 1. The monoisotopic (exact) mass is 396 g/mol. The fraction of sp³-hybridized carbons (Fsp3) is 0.100. The van der Waals surface area contributed by atoms with Crippen LogP contribution in [0.5, 0.6) is 0 Å². The molecule has 1 aromatic heterocycles. The van der Waals surface area contributed by atoms with Gasteiger partial charge in [0.1, 0.15) is 5.82 Å². The SMILES string of the molecule is CC(=O)Nc1ccc(S(=O)(=O)Nc2ccc(Nc3ccccc3C)cn2)cc1. The molecule has 0 atom stereocenters. The Labute approximate surface area is 163 Å². The second kappa shape index (κ2) is 8.10. The molecule has 0 saturated heterocycles. The normalized spacial score (nSPS) is 10.9. The number of nitrogens with zero attached hydrogens (tertiary/aromatic N) is 1. The summed E-state index contributed by atoms with van der Waals surface area (Å²) in [7, 11) is -3.78. The summed E-state index contributed by atoms with van der Waals surface area (Å²) in [5.41, 5.74) is 3.32. The molecule has 0 aliphatic heterocycles. The molecule has 8 heteroatoms. The van der Waals surface area contributed by atoms with Crippen LogP contribution >= 0.6 is 0 Å². The zero-order chi connectivity index (χ0) is 20.1. The largest absolute Gasteiger partial charge is 0.354 e. The van der Waals surface area contributed by atoms with E-state index in [1.165, 1.54) is 31.2 Å². The van der Waals surface area contributed by atoms with Crippen LogP contribution in [0.3, 0.4) is 0 Å². The van der Waals surface area contributed by atoms with Gasteiger partial charge in [0.2, 0.25) is 5.91 Å². The Bertz CT molecular complexity index is 1080. The summed E-state index contributed by atoms with van der Waals surface area (Å²) in [6.07, 6.45) is 1.56. The first-order chi connectivity index (χ1) is 13.3. The molecule has 144 valence electrons. The molecule has 7 nitrogen and oxygen atoms in total. The first kappa shape index (κ1) is 19.4. The number of para-hydroxylation sites is 1. The number of amides is 1. The van der Waals surface area contributed by atoms with Gasteiger partial charge >= 0.3 is 0 Å². The fourth-order valence-electron chi connectivity index (χ4n) is 2.51. The van der Waals surface area contributed by atoms with E-state index in [2.05, 4.69) is 20.3 Å². The number of aromatic nitrogens is 1. The topological polar surface area (TPSA) is 100 Å². The van der Waals surface area contributed by atoms with Crippen molar-refractivity contribution in [3.63, 3.8) is 0 Å². The zero-order valence-electron chi connectivity index (χ0n) is 15.4. The average Bonchev–Trinajstić information content (AvgIpc) is 2.65. The number of anilines is 4. The minimum Gasteiger partial charge on any atom is -0.354 e. The van der Waals surface area contributed by atoms with Gasteiger partial charge in [-0.15, -0.1) is 0 Å². The minimum absolute atomic E-state index is 0.0745. The van der Waals surface area contributed by atoms with E-state index >= 15 is 0 Å². The lowest BCUT2D eigenvalue weighted by Crippen LogP contribution is -2.14. The van der Waals surface area contributed by atoms with E-state index in [4.69, 9.17) is 0 Å². The third-order valence-electron chi connectivity index (χ3n) is 3.91. The number of nitrogens with one attached hydrogen (secondary N) is 3. The highest BCUT2D eigenvalue weighted by Crippen LogP contribution is 2.21. The second-order valence-electron chi connectivity index (χ2n) is 6.18. The molecule has 3 aromatic rings. The maximum atomic E-state index is 12.5. The quantitative estimate of drug-likeness (QED) is 0.587. The van der Waals surface area contributed by atoms with E-state index in [1.807, 2.05) is 31.2 Å². The van der Waals surface area contributed by atoms with E-state index in [-0.39, 0.29) is 16.6 Å². The number of carbonyl (C=O) groups excluding carboxylic acids is 1. The molecule has 2 aromatic carbocycles. The lowest BCUT2D eigenvalue weighted by Gasteiger charge is -2.11. The number of hydrogen-bond donors (Lipinski definition) is 3. The van der Waals surface area contributed by atoms with E-state index in [1.54, 1.807) is 18.3 Å². The van der Waals surface area contributed by atoms with Crippen molar-refractivity contribution in [1.82, 2.24) is 4.98 Å². The third kappa shape index (κ3) is 4.86. The summed E-state index contributed by atoms with van der Waals surface area (Å²) in [4.78, 5) is 15.3. The first-order valence-electron chi connectivity index (χ1n) is 8.53. The molecule has 3 rings (SSSR count). The van der Waals surface area contributed by atoms with Gasteiger partial charge < -0.3 is 10.6 Å². The number of aryl methyl sites for hydroxylation is 1. The third-order valence-corrected chi connectivity index (χ3v) is 5.28. The summed E-state index contributed by atoms with van der Waals surface area (Å²) >= 11 is 0. The number of benzene rings is 2. The molecule has 0 bridgehead atoms. The van der Waals surface area contributed by atoms with E-state index in [0.29, 0.717) is 5.69 Å². The average molecular weight is 396 g/mol. The van der Waals surface area contributed by atoms with Crippen LogP contribution in [0.15, 0.2) is 71.8 Å². The van der Waals surface area contributed by atoms with Crippen LogP contribution in [0, 0.1) is 6.92 Å². The molecule has 0 fully saturated rings. The van der Waals surface area contributed by atoms with Gasteiger partial charge in [0, 0.05) is 18.3 Å². The van der Waals surface area contributed by atoms with Crippen LogP contribution in [-0.2, 0) is 14.8 Å². The summed E-state index contributed by atoms with van der Waals surface area (Å²) in [6, 6.07) is 17.1. The molecule has 3 N–H and O–H groups in total. The van der Waals surface area contributed by atoms with Gasteiger partial charge in [-0.1, -0.05) is 18.2 Å². The minimum atomic E-state index is -3.78. The summed E-state index contributed by atoms with van der Waals surface area (Å²) in [6.45, 7) is 3.38. The molecule has 0 unspecified atom stereocenters. The van der Waals surface area contributed by atoms with Crippen LogP contribution in [0.1, 0.15) is 12.5 Å². The van der Waals surface area contributed by atoms with Crippen molar-refractivity contribution in [2.75, 3.05) is 15.4 Å². The maximum Gasteiger partial charge on any atom is 0.263 e. The molecule has 0 aliphatic rings. The maximum absolute atomic E-state index is 12.5. The Morgan fingerprint density at radius 2 is 1.61 bits per heavy atom. The zero-order valence-corrected chi connectivity index (χ0v) is 16.2. The highest BCUT2D eigenvalue weighted by atomic mass is 32.2. The van der Waals surface area contributed by atoms with Crippen molar-refractivity contribution in [2.45, 2.75) is 18.7 Å². The second-order valence-corrected chi connectivity index (χ2v) is 7.87. The van der Waals surface area contributed by atoms with Crippen LogP contribution in [0.4, 0.5) is 22.9 Å². The smallest absolute Gasteiger partial charge is 0.263 e. The Balaban J connectivity index is 1.70. The molecule has 0 spiro atoms. The van der Waals surface area contributed by atoms with Crippen LogP contribution < -0.4 is 15.4 Å². The number of hydrogen-bond acceptors (Lipinski definition) is 5. The highest BCUT2D eigenvalue weighted by Gasteiger charge is 2.15. The van der Waals surface area contributed by atoms with Crippen molar-refractivity contribution in [2.24, 2.45) is 0 Å². The summed E-state index contributed by atoms with van der Waals surface area (Å²) in [5, 5.41) is 5.83. The van der Waals surface area contributed by atoms with Crippen LogP contribution in [0.2, 0.25) is 0 Å². The summed E-state index contributed by atoms with van der Waals surface area (Å²) in [5.74, 6) is -0.0152. The van der Waals surface area contributed by atoms with Gasteiger partial charge in [0.15, 0.2) is 0 Å². The predicted octanol–water partition coefficient (Wildman–Crippen LogP) is 3.89. The van der Waals surface area contributed by atoms with Crippen LogP contribution in [0.25, 0.3) is 0 Å². The Kier molecular flexibility index (Phi) is 5.60. The van der Waals surface area contributed by atoms with Gasteiger partial charge in [-0.3, -0.25) is 9.52 Å². The van der Waals surface area contributed by atoms with Gasteiger partial charge in [0.05, 0.1) is 16.8 Å². The van der Waals surface area contributed by atoms with Crippen molar-refractivity contribution < 1.29 is 13.2 Å². The molecular weight excluding hydrogens is 376 g/mol. The Morgan fingerprint density at radius 3 is 2.21 bits per heavy atom. The van der Waals surface area contributed by atoms with Gasteiger partial charge in [-0.25, -0.2) is 13.4 Å². The standard InChI is InChI=1S/C20H20N4O3S/c1-14-5-3-4-6-19(14)23-17-9-12-20(21-13-17)24-28(26,27)18-10-7-16(8-11-18)22-15(2)25/h3-13,23H,1-2H3,(H,21,24)(H,22,25). The number of pyridine rings is 1. The van der Waals surface area contributed by atoms with E-state index in [9.17, 15) is 13.2 Å². The molecule has 0 aliphatic carbocycles. The lowest BCUT2D eigenvalue weighted by atomic mass is 10.2. The van der Waals surface area contributed by atoms with E-state index in [0.717, 1.165) is 16.9 Å². The fourth-order valence-corrected chi connectivity index (χ4v) is 3.52. The lowest BCUT2D eigenvalue weighted by molar-refractivity contribution is -0.114. The van der Waals surface area contributed by atoms with Crippen molar-refractivity contribution in [1.29, 1.82) is 0 Å². The molecule has 0 saturated carbocycles. The van der Waals surface area contributed by atoms with Crippen LogP contribution in [-0.4, -0.2) is 19.3 Å².